The molecule has 4 rings (SSSR count). The summed E-state index contributed by atoms with van der Waals surface area (Å²) in [7, 11) is 3.07. The molecule has 0 radical (unpaired) electrons. The molecule has 9 heteroatoms. The van der Waals surface area contributed by atoms with Crippen molar-refractivity contribution in [3.8, 4) is 11.5 Å². The largest absolute Gasteiger partial charge is 0.497 e. The molecule has 1 atom stereocenters. The summed E-state index contributed by atoms with van der Waals surface area (Å²) in [5.41, 5.74) is 3.31. The van der Waals surface area contributed by atoms with E-state index in [0.29, 0.717) is 34.7 Å². The van der Waals surface area contributed by atoms with Crippen LogP contribution in [-0.4, -0.2) is 37.2 Å². The van der Waals surface area contributed by atoms with Crippen molar-refractivity contribution >= 4 is 46.9 Å². The summed E-state index contributed by atoms with van der Waals surface area (Å²) in [4.78, 5) is 40.5. The molecule has 0 spiro atoms. The quantitative estimate of drug-likeness (QED) is 0.119. The lowest BCUT2D eigenvalue weighted by molar-refractivity contribution is -0.116. The molecule has 0 aliphatic carbocycles. The molecule has 226 valence electrons. The summed E-state index contributed by atoms with van der Waals surface area (Å²) in [5.74, 6) is -0.00492. The second kappa shape index (κ2) is 15.5. The molecule has 0 aliphatic rings. The first-order chi connectivity index (χ1) is 21.3. The van der Waals surface area contributed by atoms with Gasteiger partial charge in [-0.1, -0.05) is 43.3 Å². The van der Waals surface area contributed by atoms with Crippen LogP contribution >= 0.6 is 11.8 Å². The van der Waals surface area contributed by atoms with Crippen molar-refractivity contribution in [3.63, 3.8) is 0 Å². The summed E-state index contributed by atoms with van der Waals surface area (Å²) in [5, 5.41) is 8.28. The van der Waals surface area contributed by atoms with Crippen LogP contribution in [0.15, 0.2) is 108 Å². The fraction of sp³-hybridized carbons (Fsp3) is 0.171. The highest BCUT2D eigenvalue weighted by molar-refractivity contribution is 8.00. The molecule has 0 saturated carbocycles. The molecule has 4 aromatic rings. The molecule has 4 aromatic carbocycles. The monoisotopic (exact) mass is 609 g/mol. The van der Waals surface area contributed by atoms with E-state index < -0.39 is 11.8 Å². The van der Waals surface area contributed by atoms with E-state index in [1.54, 1.807) is 67.8 Å². The van der Waals surface area contributed by atoms with Gasteiger partial charge in [0.1, 0.15) is 17.2 Å². The molecule has 8 nitrogen and oxygen atoms in total. The predicted molar refractivity (Wildman–Crippen MR) is 176 cm³/mol. The Morgan fingerprint density at radius 1 is 0.818 bits per heavy atom. The Hall–Kier alpha value is -5.02. The van der Waals surface area contributed by atoms with Gasteiger partial charge in [-0.05, 0) is 79.6 Å². The Balaban J connectivity index is 1.55. The highest BCUT2D eigenvalue weighted by Crippen LogP contribution is 2.30. The van der Waals surface area contributed by atoms with Gasteiger partial charge in [-0.25, -0.2) is 0 Å². The van der Waals surface area contributed by atoms with Crippen molar-refractivity contribution in [1.82, 2.24) is 5.32 Å². The number of carbonyl (C=O) groups excluding carboxylic acids is 3. The smallest absolute Gasteiger partial charge is 0.272 e. The van der Waals surface area contributed by atoms with Gasteiger partial charge in [0.25, 0.3) is 11.8 Å². The second-order valence-corrected chi connectivity index (χ2v) is 11.1. The van der Waals surface area contributed by atoms with Crippen molar-refractivity contribution in [2.75, 3.05) is 24.9 Å². The normalized spacial score (nSPS) is 11.7. The zero-order valence-electron chi connectivity index (χ0n) is 25.0. The molecule has 0 aliphatic heterocycles. The molecular formula is C35H35N3O5S. The van der Waals surface area contributed by atoms with Gasteiger partial charge in [-0.2, -0.15) is 0 Å². The number of benzene rings is 4. The van der Waals surface area contributed by atoms with Crippen LogP contribution in [-0.2, 0) is 9.59 Å². The predicted octanol–water partition coefficient (Wildman–Crippen LogP) is 6.93. The fourth-order valence-electron chi connectivity index (χ4n) is 4.31. The summed E-state index contributed by atoms with van der Waals surface area (Å²) >= 11 is 1.41. The standard InChI is InChI=1S/C35H35N3O5S/c1-5-32(35(41)37-26-14-9-11-23(2)19-26)44-29-16-10-15-27(21-29)36-34(40)30(38-33(39)24-12-7-6-8-13-24)20-25-17-18-28(42-3)22-31(25)43-4/h6-22,32H,5H2,1-4H3,(H,36,40)(H,37,41)(H,38,39)/b30-20+. The Morgan fingerprint density at radius 2 is 1.55 bits per heavy atom. The van der Waals surface area contributed by atoms with Crippen molar-refractivity contribution in [2.45, 2.75) is 30.4 Å². The van der Waals surface area contributed by atoms with E-state index in [-0.39, 0.29) is 16.9 Å². The first-order valence-corrected chi connectivity index (χ1v) is 14.9. The molecule has 0 aromatic heterocycles. The van der Waals surface area contributed by atoms with Crippen LogP contribution in [0.25, 0.3) is 6.08 Å². The van der Waals surface area contributed by atoms with Crippen molar-refractivity contribution < 1.29 is 23.9 Å². The third-order valence-electron chi connectivity index (χ3n) is 6.59. The van der Waals surface area contributed by atoms with Gasteiger partial charge in [0, 0.05) is 33.5 Å². The second-order valence-electron chi connectivity index (χ2n) is 9.84. The van der Waals surface area contributed by atoms with E-state index in [4.69, 9.17) is 9.47 Å². The Labute approximate surface area is 261 Å². The van der Waals surface area contributed by atoms with Gasteiger partial charge in [0.05, 0.1) is 19.5 Å². The van der Waals surface area contributed by atoms with E-state index in [1.807, 2.05) is 56.3 Å². The maximum Gasteiger partial charge on any atom is 0.272 e. The lowest BCUT2D eigenvalue weighted by Crippen LogP contribution is -2.30. The molecule has 3 N–H and O–H groups in total. The van der Waals surface area contributed by atoms with Crippen LogP contribution in [0.5, 0.6) is 11.5 Å². The summed E-state index contributed by atoms with van der Waals surface area (Å²) in [6.45, 7) is 3.93. The maximum atomic E-state index is 13.6. The minimum atomic E-state index is -0.529. The Kier molecular flexibility index (Phi) is 11.2. The van der Waals surface area contributed by atoms with Crippen LogP contribution in [0.3, 0.4) is 0 Å². The number of hydrogen-bond acceptors (Lipinski definition) is 6. The van der Waals surface area contributed by atoms with Gasteiger partial charge >= 0.3 is 0 Å². The number of anilines is 2. The maximum absolute atomic E-state index is 13.6. The molecule has 0 bridgehead atoms. The molecule has 44 heavy (non-hydrogen) atoms. The van der Waals surface area contributed by atoms with Crippen LogP contribution in [0.2, 0.25) is 0 Å². The van der Waals surface area contributed by atoms with Crippen molar-refractivity contribution in [1.29, 1.82) is 0 Å². The van der Waals surface area contributed by atoms with Gasteiger partial charge in [0.15, 0.2) is 0 Å². The van der Waals surface area contributed by atoms with Gasteiger partial charge in [-0.15, -0.1) is 11.8 Å². The van der Waals surface area contributed by atoms with Gasteiger partial charge in [0.2, 0.25) is 5.91 Å². The zero-order chi connectivity index (χ0) is 31.5. The van der Waals surface area contributed by atoms with Crippen molar-refractivity contribution in [2.24, 2.45) is 0 Å². The minimum absolute atomic E-state index is 0.0179. The Morgan fingerprint density at radius 3 is 2.23 bits per heavy atom. The fourth-order valence-corrected chi connectivity index (χ4v) is 5.33. The third kappa shape index (κ3) is 8.75. The molecule has 0 heterocycles. The van der Waals surface area contributed by atoms with E-state index in [1.165, 1.54) is 18.9 Å². The Bertz CT molecular complexity index is 1660. The topological polar surface area (TPSA) is 106 Å². The number of ether oxygens (including phenoxy) is 2. The summed E-state index contributed by atoms with van der Waals surface area (Å²) in [6.07, 6.45) is 2.16. The third-order valence-corrected chi connectivity index (χ3v) is 7.95. The number of carbonyl (C=O) groups is 3. The van der Waals surface area contributed by atoms with Crippen LogP contribution < -0.4 is 25.4 Å². The number of rotatable bonds is 12. The van der Waals surface area contributed by atoms with Crippen molar-refractivity contribution in [3.05, 3.63) is 119 Å². The average Bonchev–Trinajstić information content (AvgIpc) is 3.03. The molecule has 3 amide bonds. The lowest BCUT2D eigenvalue weighted by Gasteiger charge is -2.16. The van der Waals surface area contributed by atoms with Crippen LogP contribution in [0.1, 0.15) is 34.8 Å². The number of thioether (sulfide) groups is 1. The number of hydrogen-bond donors (Lipinski definition) is 3. The number of amides is 3. The number of methoxy groups -OCH3 is 2. The SMILES string of the molecule is CCC(Sc1cccc(NC(=O)/C(=C\c2ccc(OC)cc2OC)NC(=O)c2ccccc2)c1)C(=O)Nc1cccc(C)c1. The molecule has 1 unspecified atom stereocenters. The van der Waals surface area contributed by atoms with Crippen LogP contribution in [0.4, 0.5) is 11.4 Å². The van der Waals surface area contributed by atoms with Gasteiger partial charge in [-0.3, -0.25) is 14.4 Å². The zero-order valence-corrected chi connectivity index (χ0v) is 25.9. The minimum Gasteiger partial charge on any atom is -0.497 e. The first kappa shape index (κ1) is 31.9. The number of nitrogens with one attached hydrogen (secondary N) is 3. The van der Waals surface area contributed by atoms with E-state index in [2.05, 4.69) is 16.0 Å². The first-order valence-electron chi connectivity index (χ1n) is 14.0. The van der Waals surface area contributed by atoms with E-state index in [0.717, 1.165) is 16.1 Å². The molecule has 0 fully saturated rings. The molecular weight excluding hydrogens is 574 g/mol. The summed E-state index contributed by atoms with van der Waals surface area (Å²) < 4.78 is 10.8. The average molecular weight is 610 g/mol. The highest BCUT2D eigenvalue weighted by atomic mass is 32.2. The van der Waals surface area contributed by atoms with Gasteiger partial charge < -0.3 is 25.4 Å². The van der Waals surface area contributed by atoms with Crippen LogP contribution in [0, 0.1) is 6.92 Å². The summed E-state index contributed by atoms with van der Waals surface area (Å²) in [6, 6.07) is 28.7. The number of aryl methyl sites for hydroxylation is 1. The highest BCUT2D eigenvalue weighted by Gasteiger charge is 2.20. The lowest BCUT2D eigenvalue weighted by atomic mass is 10.1. The molecule has 0 saturated heterocycles. The van der Waals surface area contributed by atoms with E-state index in [9.17, 15) is 14.4 Å². The van der Waals surface area contributed by atoms with E-state index >= 15 is 0 Å².